The normalized spacial score (nSPS) is 22.3. The fraction of sp³-hybridized carbons (Fsp3) is 0.182. The van der Waals surface area contributed by atoms with E-state index in [1.807, 2.05) is 18.2 Å². The summed E-state index contributed by atoms with van der Waals surface area (Å²) < 4.78 is 0. The summed E-state index contributed by atoms with van der Waals surface area (Å²) in [4.78, 5) is 0. The van der Waals surface area contributed by atoms with E-state index in [4.69, 9.17) is 0 Å². The van der Waals surface area contributed by atoms with Gasteiger partial charge in [-0.2, -0.15) is 0 Å². The molecule has 0 heterocycles. The van der Waals surface area contributed by atoms with Crippen LogP contribution < -0.4 is 0 Å². The number of rotatable bonds is 3. The van der Waals surface area contributed by atoms with E-state index in [0.29, 0.717) is 5.92 Å². The molecule has 1 aliphatic rings. The van der Waals surface area contributed by atoms with Crippen molar-refractivity contribution in [1.82, 2.24) is 0 Å². The van der Waals surface area contributed by atoms with Crippen LogP contribution in [-0.4, -0.2) is 11.2 Å². The Morgan fingerprint density at radius 1 is 0.652 bits per heavy atom. The quantitative estimate of drug-likeness (QED) is 0.754. The van der Waals surface area contributed by atoms with Gasteiger partial charge in [-0.1, -0.05) is 91.0 Å². The molecule has 1 heteroatoms. The number of hydrogen-bond donors (Lipinski definition) is 1. The molecule has 0 spiro atoms. The highest BCUT2D eigenvalue weighted by atomic mass is 16.3. The minimum Gasteiger partial charge on any atom is -0.392 e. The van der Waals surface area contributed by atoms with E-state index in [-0.39, 0.29) is 11.5 Å². The molecule has 0 aromatic heterocycles. The van der Waals surface area contributed by atoms with Crippen molar-refractivity contribution in [2.75, 3.05) is 0 Å². The smallest absolute Gasteiger partial charge is 0.0689 e. The zero-order valence-electron chi connectivity index (χ0n) is 13.0. The van der Waals surface area contributed by atoms with Crippen LogP contribution in [0.15, 0.2) is 91.0 Å². The van der Waals surface area contributed by atoms with Crippen molar-refractivity contribution >= 4 is 0 Å². The molecular weight excluding hydrogens is 280 g/mol. The van der Waals surface area contributed by atoms with Gasteiger partial charge in [-0.3, -0.25) is 0 Å². The molecule has 0 saturated heterocycles. The van der Waals surface area contributed by atoms with Gasteiger partial charge in [0.05, 0.1) is 11.5 Å². The molecule has 1 aliphatic carbocycles. The lowest BCUT2D eigenvalue weighted by Crippen LogP contribution is -2.56. The molecule has 2 atom stereocenters. The molecule has 1 nitrogen and oxygen atoms in total. The Kier molecular flexibility index (Phi) is 3.51. The predicted octanol–water partition coefficient (Wildman–Crippen LogP) is 4.52. The average Bonchev–Trinajstić information content (AvgIpc) is 2.62. The minimum atomic E-state index is -0.363. The second-order valence-corrected chi connectivity index (χ2v) is 6.32. The van der Waals surface area contributed by atoms with Gasteiger partial charge in [0.25, 0.3) is 0 Å². The van der Waals surface area contributed by atoms with Crippen LogP contribution in [0.5, 0.6) is 0 Å². The predicted molar refractivity (Wildman–Crippen MR) is 93.5 cm³/mol. The molecular formula is C22H20O. The van der Waals surface area contributed by atoms with Crippen LogP contribution in [0.1, 0.15) is 29.0 Å². The third-order valence-electron chi connectivity index (χ3n) is 5.24. The first kappa shape index (κ1) is 14.2. The zero-order valence-corrected chi connectivity index (χ0v) is 13.0. The van der Waals surface area contributed by atoms with Gasteiger partial charge in [-0.05, 0) is 23.1 Å². The molecule has 0 unspecified atom stereocenters. The minimum absolute atomic E-state index is 0.295. The Bertz CT molecular complexity index is 725. The number of benzene rings is 3. The van der Waals surface area contributed by atoms with E-state index in [0.717, 1.165) is 6.42 Å². The first-order valence-corrected chi connectivity index (χ1v) is 8.17. The summed E-state index contributed by atoms with van der Waals surface area (Å²) in [7, 11) is 0. The standard InChI is InChI=1S/C22H20O/c23-21-16-20(17-10-4-1-5-11-17)22(21,18-12-6-2-7-13-18)19-14-8-3-9-15-19/h1-15,20-21,23H,16H2/t20-,21-/m0/s1. The van der Waals surface area contributed by atoms with Crippen molar-refractivity contribution in [2.45, 2.75) is 23.9 Å². The van der Waals surface area contributed by atoms with Crippen molar-refractivity contribution in [3.05, 3.63) is 108 Å². The van der Waals surface area contributed by atoms with E-state index in [1.165, 1.54) is 16.7 Å². The SMILES string of the molecule is O[C@H]1C[C@@H](c2ccccc2)C1(c1ccccc1)c1ccccc1. The summed E-state index contributed by atoms with van der Waals surface area (Å²) in [6.45, 7) is 0. The number of aliphatic hydroxyl groups excluding tert-OH is 1. The molecule has 0 bridgehead atoms. The Morgan fingerprint density at radius 3 is 1.52 bits per heavy atom. The van der Waals surface area contributed by atoms with Crippen LogP contribution in [0.4, 0.5) is 0 Å². The monoisotopic (exact) mass is 300 g/mol. The van der Waals surface area contributed by atoms with E-state index in [2.05, 4.69) is 72.8 Å². The highest BCUT2D eigenvalue weighted by molar-refractivity contribution is 5.50. The van der Waals surface area contributed by atoms with Crippen LogP contribution in [0.25, 0.3) is 0 Å². The van der Waals surface area contributed by atoms with Crippen LogP contribution >= 0.6 is 0 Å². The molecule has 23 heavy (non-hydrogen) atoms. The highest BCUT2D eigenvalue weighted by Crippen LogP contribution is 2.58. The molecule has 0 aliphatic heterocycles. The maximum absolute atomic E-state index is 10.9. The van der Waals surface area contributed by atoms with Crippen molar-refractivity contribution in [2.24, 2.45) is 0 Å². The molecule has 1 fully saturated rings. The molecule has 1 N–H and O–H groups in total. The number of aliphatic hydroxyl groups is 1. The molecule has 0 amide bonds. The second kappa shape index (κ2) is 5.68. The van der Waals surface area contributed by atoms with Crippen LogP contribution in [-0.2, 0) is 5.41 Å². The van der Waals surface area contributed by atoms with Gasteiger partial charge in [0.1, 0.15) is 0 Å². The third kappa shape index (κ3) is 2.12. The molecule has 3 aromatic rings. The second-order valence-electron chi connectivity index (χ2n) is 6.32. The van der Waals surface area contributed by atoms with Gasteiger partial charge in [0.15, 0.2) is 0 Å². The van der Waals surface area contributed by atoms with Crippen LogP contribution in [0, 0.1) is 0 Å². The average molecular weight is 300 g/mol. The largest absolute Gasteiger partial charge is 0.392 e. The lowest BCUT2D eigenvalue weighted by molar-refractivity contribution is -0.00588. The summed E-state index contributed by atoms with van der Waals surface area (Å²) in [6.07, 6.45) is 0.436. The van der Waals surface area contributed by atoms with Crippen LogP contribution in [0.2, 0.25) is 0 Å². The summed E-state index contributed by atoms with van der Waals surface area (Å²) in [5, 5.41) is 10.9. The summed E-state index contributed by atoms with van der Waals surface area (Å²) in [6, 6.07) is 31.5. The van der Waals surface area contributed by atoms with Crippen molar-refractivity contribution in [3.8, 4) is 0 Å². The van der Waals surface area contributed by atoms with Gasteiger partial charge >= 0.3 is 0 Å². The Labute approximate surface area is 137 Å². The fourth-order valence-corrected chi connectivity index (χ4v) is 4.13. The third-order valence-corrected chi connectivity index (χ3v) is 5.24. The molecule has 1 saturated carbocycles. The lowest BCUT2D eigenvalue weighted by atomic mass is 9.50. The zero-order chi connectivity index (χ0) is 15.7. The van der Waals surface area contributed by atoms with Gasteiger partial charge in [0, 0.05) is 5.92 Å². The topological polar surface area (TPSA) is 20.2 Å². The molecule has 0 radical (unpaired) electrons. The molecule has 3 aromatic carbocycles. The molecule has 114 valence electrons. The van der Waals surface area contributed by atoms with E-state index in [1.54, 1.807) is 0 Å². The summed E-state index contributed by atoms with van der Waals surface area (Å²) in [5.74, 6) is 0.295. The number of hydrogen-bond acceptors (Lipinski definition) is 1. The van der Waals surface area contributed by atoms with Crippen LogP contribution in [0.3, 0.4) is 0 Å². The van der Waals surface area contributed by atoms with E-state index in [9.17, 15) is 5.11 Å². The Morgan fingerprint density at radius 2 is 1.09 bits per heavy atom. The van der Waals surface area contributed by atoms with Crippen molar-refractivity contribution in [3.63, 3.8) is 0 Å². The first-order valence-electron chi connectivity index (χ1n) is 8.17. The van der Waals surface area contributed by atoms with E-state index < -0.39 is 0 Å². The Hall–Kier alpha value is -2.38. The van der Waals surface area contributed by atoms with Gasteiger partial charge in [0.2, 0.25) is 0 Å². The van der Waals surface area contributed by atoms with Crippen molar-refractivity contribution < 1.29 is 5.11 Å². The van der Waals surface area contributed by atoms with Gasteiger partial charge in [-0.25, -0.2) is 0 Å². The maximum atomic E-state index is 10.9. The maximum Gasteiger partial charge on any atom is 0.0689 e. The first-order chi connectivity index (χ1) is 11.3. The van der Waals surface area contributed by atoms with Gasteiger partial charge < -0.3 is 5.11 Å². The fourth-order valence-electron chi connectivity index (χ4n) is 4.13. The van der Waals surface area contributed by atoms with Crippen molar-refractivity contribution in [1.29, 1.82) is 0 Å². The lowest BCUT2D eigenvalue weighted by Gasteiger charge is -2.55. The highest BCUT2D eigenvalue weighted by Gasteiger charge is 2.56. The summed E-state index contributed by atoms with van der Waals surface area (Å²) >= 11 is 0. The Balaban J connectivity index is 1.92. The van der Waals surface area contributed by atoms with E-state index >= 15 is 0 Å². The molecule has 4 rings (SSSR count). The summed E-state index contributed by atoms with van der Waals surface area (Å²) in [5.41, 5.74) is 3.33. The van der Waals surface area contributed by atoms with Gasteiger partial charge in [-0.15, -0.1) is 0 Å².